The van der Waals surface area contributed by atoms with E-state index in [9.17, 15) is 14.0 Å². The fourth-order valence-corrected chi connectivity index (χ4v) is 6.70. The van der Waals surface area contributed by atoms with Crippen LogP contribution in [-0.2, 0) is 22.4 Å². The first-order valence-corrected chi connectivity index (χ1v) is 14.6. The summed E-state index contributed by atoms with van der Waals surface area (Å²) in [5, 5.41) is 4.97. The Bertz CT molecular complexity index is 1460. The molecule has 0 N–H and O–H groups in total. The van der Waals surface area contributed by atoms with E-state index < -0.39 is 5.97 Å². The lowest BCUT2D eigenvalue weighted by atomic mass is 9.98. The minimum Gasteiger partial charge on any atom is -0.440 e. The van der Waals surface area contributed by atoms with Crippen molar-refractivity contribution >= 4 is 56.0 Å². The number of esters is 1. The summed E-state index contributed by atoms with van der Waals surface area (Å²) in [5.41, 5.74) is 4.08. The van der Waals surface area contributed by atoms with E-state index in [0.29, 0.717) is 17.7 Å². The van der Waals surface area contributed by atoms with Crippen LogP contribution in [0.4, 0.5) is 15.8 Å². The molecule has 2 aliphatic rings. The molecule has 0 bridgehead atoms. The molecule has 0 saturated carbocycles. The van der Waals surface area contributed by atoms with Crippen molar-refractivity contribution in [2.45, 2.75) is 19.3 Å². The Hall–Kier alpha value is -3.27. The van der Waals surface area contributed by atoms with Gasteiger partial charge in [-0.3, -0.25) is 14.6 Å². The monoisotopic (exact) mass is 549 g/mol. The molecule has 2 aromatic heterocycles. The predicted octanol–water partition coefficient (Wildman–Crippen LogP) is 5.56. The van der Waals surface area contributed by atoms with Gasteiger partial charge >= 0.3 is 5.97 Å². The Morgan fingerprint density at radius 3 is 2.63 bits per heavy atom. The van der Waals surface area contributed by atoms with Crippen LogP contribution < -0.4 is 9.80 Å². The molecule has 1 fully saturated rings. The number of fused-ring (bicyclic) bond motifs is 2. The van der Waals surface area contributed by atoms with Crippen molar-refractivity contribution in [1.82, 2.24) is 4.90 Å². The van der Waals surface area contributed by atoms with Crippen molar-refractivity contribution in [3.05, 3.63) is 81.1 Å². The van der Waals surface area contributed by atoms with Crippen molar-refractivity contribution < 1.29 is 18.7 Å². The molecule has 0 radical (unpaired) electrons. The molecule has 0 spiro atoms. The number of amides is 1. The highest BCUT2D eigenvalue weighted by Gasteiger charge is 2.26. The number of piperazine rings is 1. The number of ether oxygens (including phenoxy) is 1. The third-order valence-corrected chi connectivity index (χ3v) is 9.06. The highest BCUT2D eigenvalue weighted by Crippen LogP contribution is 2.33. The molecule has 196 valence electrons. The summed E-state index contributed by atoms with van der Waals surface area (Å²) in [4.78, 5) is 31.9. The Morgan fingerprint density at radius 1 is 0.947 bits per heavy atom. The van der Waals surface area contributed by atoms with Crippen LogP contribution in [0.25, 0.3) is 10.1 Å². The summed E-state index contributed by atoms with van der Waals surface area (Å²) < 4.78 is 20.6. The maximum absolute atomic E-state index is 14.2. The van der Waals surface area contributed by atoms with Crippen molar-refractivity contribution in [2.24, 2.45) is 0 Å². The van der Waals surface area contributed by atoms with Crippen LogP contribution in [0.5, 0.6) is 0 Å². The molecule has 6 nitrogen and oxygen atoms in total. The van der Waals surface area contributed by atoms with Gasteiger partial charge in [0.05, 0.1) is 5.69 Å². The second kappa shape index (κ2) is 10.8. The molecular formula is C29H28FN3O3S2. The largest absolute Gasteiger partial charge is 0.440 e. The third-order valence-electron chi connectivity index (χ3n) is 7.34. The van der Waals surface area contributed by atoms with Gasteiger partial charge in [0.1, 0.15) is 10.7 Å². The number of hydrogen-bond acceptors (Lipinski definition) is 7. The minimum absolute atomic E-state index is 0.0261. The molecule has 0 unspecified atom stereocenters. The van der Waals surface area contributed by atoms with Crippen LogP contribution in [0.15, 0.2) is 59.3 Å². The first-order valence-electron chi connectivity index (χ1n) is 12.8. The van der Waals surface area contributed by atoms with Crippen LogP contribution in [0, 0.1) is 5.82 Å². The number of carbonyl (C=O) groups excluding carboxylic acids is 2. The Morgan fingerprint density at radius 2 is 1.82 bits per heavy atom. The second-order valence-electron chi connectivity index (χ2n) is 9.66. The molecule has 4 aromatic rings. The van der Waals surface area contributed by atoms with Gasteiger partial charge in [-0.2, -0.15) is 0 Å². The first kappa shape index (κ1) is 25.0. The van der Waals surface area contributed by atoms with Gasteiger partial charge in [-0.15, -0.1) is 22.7 Å². The lowest BCUT2D eigenvalue weighted by molar-refractivity contribution is -0.119. The van der Waals surface area contributed by atoms with E-state index in [4.69, 9.17) is 4.74 Å². The van der Waals surface area contributed by atoms with Gasteiger partial charge in [-0.05, 0) is 65.1 Å². The smallest absolute Gasteiger partial charge is 0.350 e. The molecular weight excluding hydrogens is 521 g/mol. The zero-order valence-corrected chi connectivity index (χ0v) is 22.5. The van der Waals surface area contributed by atoms with E-state index >= 15 is 0 Å². The summed E-state index contributed by atoms with van der Waals surface area (Å²) in [6, 6.07) is 15.2. The van der Waals surface area contributed by atoms with Crippen LogP contribution >= 0.6 is 22.7 Å². The zero-order valence-electron chi connectivity index (χ0n) is 20.9. The standard InChI is InChI=1S/C29H28FN3O3S2/c30-22-17-25(23-8-15-38-27(23)18-22)32-12-10-31(11-13-32)9-7-20-3-4-21-5-6-28(34)33(24(21)16-20)19-36-29(35)26-2-1-14-37-26/h1-4,8,14-18H,5-7,9-13,19H2. The van der Waals surface area contributed by atoms with E-state index in [-0.39, 0.29) is 18.5 Å². The van der Waals surface area contributed by atoms with Crippen molar-refractivity contribution in [3.63, 3.8) is 0 Å². The van der Waals surface area contributed by atoms with Crippen molar-refractivity contribution in [2.75, 3.05) is 49.3 Å². The number of rotatable bonds is 7. The summed E-state index contributed by atoms with van der Waals surface area (Å²) in [6.07, 6.45) is 1.97. The molecule has 6 rings (SSSR count). The number of thiophene rings is 2. The van der Waals surface area contributed by atoms with E-state index in [0.717, 1.165) is 71.7 Å². The summed E-state index contributed by atoms with van der Waals surface area (Å²) >= 11 is 2.90. The summed E-state index contributed by atoms with van der Waals surface area (Å²) in [6.45, 7) is 4.37. The highest BCUT2D eigenvalue weighted by molar-refractivity contribution is 7.17. The number of aryl methyl sites for hydroxylation is 1. The van der Waals surface area contributed by atoms with Gasteiger partial charge in [0, 0.05) is 54.9 Å². The first-order chi connectivity index (χ1) is 18.5. The molecule has 4 heterocycles. The van der Waals surface area contributed by atoms with E-state index in [2.05, 4.69) is 34.1 Å². The maximum Gasteiger partial charge on any atom is 0.350 e. The number of benzene rings is 2. The fourth-order valence-electron chi connectivity index (χ4n) is 5.25. The van der Waals surface area contributed by atoms with Crippen LogP contribution in [0.3, 0.4) is 0 Å². The average Bonchev–Trinajstić information content (AvgIpc) is 3.64. The van der Waals surface area contributed by atoms with Gasteiger partial charge in [0.15, 0.2) is 6.73 Å². The van der Waals surface area contributed by atoms with Crippen LogP contribution in [0.2, 0.25) is 0 Å². The molecule has 38 heavy (non-hydrogen) atoms. The van der Waals surface area contributed by atoms with E-state index in [1.807, 2.05) is 10.8 Å². The number of hydrogen-bond donors (Lipinski definition) is 0. The van der Waals surface area contributed by atoms with Gasteiger partial charge in [0.25, 0.3) is 0 Å². The molecule has 2 aromatic carbocycles. The van der Waals surface area contributed by atoms with Gasteiger partial charge < -0.3 is 9.64 Å². The van der Waals surface area contributed by atoms with E-state index in [1.54, 1.807) is 40.5 Å². The highest BCUT2D eigenvalue weighted by atomic mass is 32.1. The van der Waals surface area contributed by atoms with Gasteiger partial charge in [-0.1, -0.05) is 18.2 Å². The number of anilines is 2. The molecule has 0 aliphatic carbocycles. The van der Waals surface area contributed by atoms with Crippen LogP contribution in [-0.4, -0.2) is 56.2 Å². The minimum atomic E-state index is -0.409. The molecule has 1 amide bonds. The van der Waals surface area contributed by atoms with Crippen LogP contribution in [0.1, 0.15) is 27.2 Å². The average molecular weight is 550 g/mol. The molecule has 2 aliphatic heterocycles. The Kier molecular flexibility index (Phi) is 7.14. The Labute approximate surface area is 228 Å². The Balaban J connectivity index is 1.07. The van der Waals surface area contributed by atoms with Gasteiger partial charge in [-0.25, -0.2) is 9.18 Å². The second-order valence-corrected chi connectivity index (χ2v) is 11.6. The van der Waals surface area contributed by atoms with Gasteiger partial charge in [0.2, 0.25) is 5.91 Å². The lowest BCUT2D eigenvalue weighted by Gasteiger charge is -2.36. The lowest BCUT2D eigenvalue weighted by Crippen LogP contribution is -2.47. The SMILES string of the molecule is O=C(OCN1C(=O)CCc2ccc(CCN3CCN(c4cc(F)cc5sccc45)CC3)cc21)c1cccs1. The normalized spacial score (nSPS) is 16.2. The maximum atomic E-state index is 14.2. The third kappa shape index (κ3) is 5.18. The summed E-state index contributed by atoms with van der Waals surface area (Å²) in [7, 11) is 0. The fraction of sp³-hybridized carbons (Fsp3) is 0.310. The molecule has 1 saturated heterocycles. The van der Waals surface area contributed by atoms with Crippen molar-refractivity contribution in [1.29, 1.82) is 0 Å². The topological polar surface area (TPSA) is 53.1 Å². The molecule has 0 atom stereocenters. The quantitative estimate of drug-likeness (QED) is 0.283. The molecule has 9 heteroatoms. The number of carbonyl (C=O) groups is 2. The summed E-state index contributed by atoms with van der Waals surface area (Å²) in [5.74, 6) is -0.617. The predicted molar refractivity (Wildman–Crippen MR) is 151 cm³/mol. The zero-order chi connectivity index (χ0) is 26.1. The van der Waals surface area contributed by atoms with Crippen molar-refractivity contribution in [3.8, 4) is 0 Å². The van der Waals surface area contributed by atoms with E-state index in [1.165, 1.54) is 11.3 Å². The number of nitrogens with zero attached hydrogens (tertiary/aromatic N) is 3. The number of halogens is 1.